The maximum Gasteiger partial charge on any atom is 0.248 e. The lowest BCUT2D eigenvalue weighted by atomic mass is 10.1. The van der Waals surface area contributed by atoms with Crippen LogP contribution in [0.4, 0.5) is 5.69 Å². The first-order valence-electron chi connectivity index (χ1n) is 5.42. The van der Waals surface area contributed by atoms with Crippen LogP contribution >= 0.6 is 0 Å². The van der Waals surface area contributed by atoms with Gasteiger partial charge in [0.25, 0.3) is 0 Å². The molecular formula is C12H16N3O. The van der Waals surface area contributed by atoms with Crippen LogP contribution in [-0.2, 0) is 0 Å². The van der Waals surface area contributed by atoms with E-state index in [1.54, 1.807) is 12.1 Å². The number of carbonyl (C=O) groups is 1. The minimum Gasteiger partial charge on any atom is -0.368 e. The van der Waals surface area contributed by atoms with E-state index in [1.807, 2.05) is 6.07 Å². The third kappa shape index (κ3) is 2.33. The van der Waals surface area contributed by atoms with Crippen LogP contribution in [0.25, 0.3) is 0 Å². The van der Waals surface area contributed by atoms with Gasteiger partial charge in [0.2, 0.25) is 5.91 Å². The summed E-state index contributed by atoms with van der Waals surface area (Å²) in [5.41, 5.74) is 6.77. The molecule has 1 aromatic carbocycles. The van der Waals surface area contributed by atoms with Crippen molar-refractivity contribution in [3.8, 4) is 0 Å². The molecular weight excluding hydrogens is 202 g/mol. The molecule has 2 rings (SSSR count). The summed E-state index contributed by atoms with van der Waals surface area (Å²) in [5.74, 6) is -0.385. The summed E-state index contributed by atoms with van der Waals surface area (Å²) in [7, 11) is 2.11. The molecule has 0 spiro atoms. The van der Waals surface area contributed by atoms with Crippen LogP contribution in [0.15, 0.2) is 18.2 Å². The van der Waals surface area contributed by atoms with Gasteiger partial charge >= 0.3 is 0 Å². The highest BCUT2D eigenvalue weighted by atomic mass is 16.1. The van der Waals surface area contributed by atoms with Crippen molar-refractivity contribution in [2.45, 2.75) is 0 Å². The van der Waals surface area contributed by atoms with Crippen LogP contribution in [0.1, 0.15) is 10.4 Å². The van der Waals surface area contributed by atoms with E-state index in [0.29, 0.717) is 5.56 Å². The standard InChI is InChI=1S/C12H16N3O/c1-14-5-7-15(8-6-14)11-4-2-3-10(9-11)12(13)16/h2-3,9H,5-8H2,1H3,(H2,13,16). The summed E-state index contributed by atoms with van der Waals surface area (Å²) >= 11 is 0. The predicted octanol–water partition coefficient (Wildman–Crippen LogP) is 0.337. The number of nitrogens with zero attached hydrogens (tertiary/aromatic N) is 2. The van der Waals surface area contributed by atoms with Gasteiger partial charge < -0.3 is 15.5 Å². The third-order valence-corrected chi connectivity index (χ3v) is 2.91. The number of nitrogens with two attached hydrogens (primary N) is 1. The van der Waals surface area contributed by atoms with E-state index < -0.39 is 0 Å². The molecule has 4 heteroatoms. The molecule has 2 N–H and O–H groups in total. The molecule has 1 aliphatic rings. The summed E-state index contributed by atoms with van der Waals surface area (Å²) in [4.78, 5) is 15.6. The van der Waals surface area contributed by atoms with E-state index in [2.05, 4.69) is 22.9 Å². The number of piperazine rings is 1. The van der Waals surface area contributed by atoms with Crippen molar-refractivity contribution in [1.29, 1.82) is 0 Å². The molecule has 1 fully saturated rings. The Kier molecular flexibility index (Phi) is 3.10. The zero-order valence-electron chi connectivity index (χ0n) is 9.44. The number of hydrogen-bond donors (Lipinski definition) is 1. The Bertz CT molecular complexity index is 384. The number of carbonyl (C=O) groups excluding carboxylic acids is 1. The van der Waals surface area contributed by atoms with Crippen molar-refractivity contribution < 1.29 is 4.79 Å². The molecule has 16 heavy (non-hydrogen) atoms. The number of anilines is 1. The molecule has 1 saturated heterocycles. The molecule has 1 aliphatic heterocycles. The molecule has 0 aliphatic carbocycles. The van der Waals surface area contributed by atoms with Gasteiger partial charge in [0.15, 0.2) is 0 Å². The first-order chi connectivity index (χ1) is 7.66. The van der Waals surface area contributed by atoms with Crippen LogP contribution < -0.4 is 10.6 Å². The lowest BCUT2D eigenvalue weighted by Gasteiger charge is -2.34. The average molecular weight is 218 g/mol. The molecule has 0 bridgehead atoms. The number of likely N-dealkylation sites (N-methyl/N-ethyl adjacent to an activating group) is 1. The molecule has 0 unspecified atom stereocenters. The van der Waals surface area contributed by atoms with E-state index in [9.17, 15) is 4.79 Å². The van der Waals surface area contributed by atoms with Crippen molar-refractivity contribution >= 4 is 11.6 Å². The van der Waals surface area contributed by atoms with Gasteiger partial charge in [-0.2, -0.15) is 0 Å². The van der Waals surface area contributed by atoms with Gasteiger partial charge in [-0.25, -0.2) is 0 Å². The highest BCUT2D eigenvalue weighted by Crippen LogP contribution is 2.16. The quantitative estimate of drug-likeness (QED) is 0.778. The van der Waals surface area contributed by atoms with Gasteiger partial charge in [0.1, 0.15) is 0 Å². The minimum absolute atomic E-state index is 0.385. The van der Waals surface area contributed by atoms with E-state index in [-0.39, 0.29) is 5.91 Å². The summed E-state index contributed by atoms with van der Waals surface area (Å²) in [6.07, 6.45) is 0. The highest BCUT2D eigenvalue weighted by molar-refractivity contribution is 5.93. The summed E-state index contributed by atoms with van der Waals surface area (Å²) in [6.45, 7) is 4.01. The SMILES string of the molecule is CN1CCN(c2[c]ccc(C(N)=O)c2)CC1. The number of rotatable bonds is 2. The molecule has 1 amide bonds. The zero-order valence-corrected chi connectivity index (χ0v) is 9.44. The van der Waals surface area contributed by atoms with Gasteiger partial charge in [0, 0.05) is 43.5 Å². The van der Waals surface area contributed by atoms with E-state index in [0.717, 1.165) is 31.9 Å². The van der Waals surface area contributed by atoms with Gasteiger partial charge in [0.05, 0.1) is 0 Å². The minimum atomic E-state index is -0.385. The molecule has 1 aromatic rings. The Morgan fingerprint density at radius 3 is 2.69 bits per heavy atom. The summed E-state index contributed by atoms with van der Waals surface area (Å²) < 4.78 is 0. The first kappa shape index (κ1) is 11.0. The molecule has 85 valence electrons. The zero-order chi connectivity index (χ0) is 11.5. The number of amides is 1. The lowest BCUT2D eigenvalue weighted by molar-refractivity contribution is 0.100. The number of primary amides is 1. The Morgan fingerprint density at radius 2 is 2.06 bits per heavy atom. The fourth-order valence-corrected chi connectivity index (χ4v) is 1.84. The molecule has 4 nitrogen and oxygen atoms in total. The smallest absolute Gasteiger partial charge is 0.248 e. The second-order valence-corrected chi connectivity index (χ2v) is 4.12. The van der Waals surface area contributed by atoms with Gasteiger partial charge in [-0.15, -0.1) is 0 Å². The van der Waals surface area contributed by atoms with Crippen LogP contribution in [0.2, 0.25) is 0 Å². The van der Waals surface area contributed by atoms with Crippen LogP contribution in [0, 0.1) is 6.07 Å². The van der Waals surface area contributed by atoms with Gasteiger partial charge in [-0.3, -0.25) is 4.79 Å². The highest BCUT2D eigenvalue weighted by Gasteiger charge is 2.15. The van der Waals surface area contributed by atoms with Crippen molar-refractivity contribution in [2.75, 3.05) is 38.1 Å². The third-order valence-electron chi connectivity index (χ3n) is 2.91. The van der Waals surface area contributed by atoms with E-state index >= 15 is 0 Å². The molecule has 0 saturated carbocycles. The fourth-order valence-electron chi connectivity index (χ4n) is 1.84. The van der Waals surface area contributed by atoms with Crippen molar-refractivity contribution in [3.63, 3.8) is 0 Å². The second-order valence-electron chi connectivity index (χ2n) is 4.12. The first-order valence-corrected chi connectivity index (χ1v) is 5.42. The Morgan fingerprint density at radius 1 is 1.38 bits per heavy atom. The molecule has 0 atom stereocenters. The topological polar surface area (TPSA) is 49.6 Å². The monoisotopic (exact) mass is 218 g/mol. The van der Waals surface area contributed by atoms with Crippen LogP contribution in [0.3, 0.4) is 0 Å². The van der Waals surface area contributed by atoms with Crippen LogP contribution in [-0.4, -0.2) is 44.0 Å². The predicted molar refractivity (Wildman–Crippen MR) is 63.5 cm³/mol. The second kappa shape index (κ2) is 4.53. The van der Waals surface area contributed by atoms with Crippen molar-refractivity contribution in [1.82, 2.24) is 4.90 Å². The molecule has 1 radical (unpaired) electrons. The van der Waals surface area contributed by atoms with Gasteiger partial charge in [-0.1, -0.05) is 6.07 Å². The maximum atomic E-state index is 11.1. The van der Waals surface area contributed by atoms with Gasteiger partial charge in [-0.05, 0) is 19.2 Å². The van der Waals surface area contributed by atoms with Crippen molar-refractivity contribution in [3.05, 3.63) is 29.8 Å². The van der Waals surface area contributed by atoms with E-state index in [1.165, 1.54) is 0 Å². The number of benzene rings is 1. The normalized spacial score (nSPS) is 17.4. The lowest BCUT2D eigenvalue weighted by Crippen LogP contribution is -2.44. The summed E-state index contributed by atoms with van der Waals surface area (Å²) in [6, 6.07) is 8.42. The largest absolute Gasteiger partial charge is 0.368 e. The molecule has 1 heterocycles. The van der Waals surface area contributed by atoms with E-state index in [4.69, 9.17) is 5.73 Å². The Labute approximate surface area is 95.6 Å². The van der Waals surface area contributed by atoms with Crippen LogP contribution in [0.5, 0.6) is 0 Å². The fraction of sp³-hybridized carbons (Fsp3) is 0.417. The summed E-state index contributed by atoms with van der Waals surface area (Å²) in [5, 5.41) is 0. The number of hydrogen-bond acceptors (Lipinski definition) is 3. The maximum absolute atomic E-state index is 11.1. The average Bonchev–Trinajstić information content (AvgIpc) is 2.30. The van der Waals surface area contributed by atoms with Crippen molar-refractivity contribution in [2.24, 2.45) is 5.73 Å². The molecule has 0 aromatic heterocycles. The Hall–Kier alpha value is -1.55. The Balaban J connectivity index is 2.14.